The van der Waals surface area contributed by atoms with Crippen LogP contribution in [0, 0.1) is 5.82 Å². The highest BCUT2D eigenvalue weighted by atomic mass is 19.1. The second-order valence-corrected chi connectivity index (χ2v) is 4.64. The van der Waals surface area contributed by atoms with Crippen molar-refractivity contribution in [1.82, 2.24) is 9.88 Å². The first-order valence-electron chi connectivity index (χ1n) is 6.38. The summed E-state index contributed by atoms with van der Waals surface area (Å²) in [4.78, 5) is 6.20. The van der Waals surface area contributed by atoms with E-state index in [4.69, 9.17) is 0 Å². The maximum atomic E-state index is 13.5. The topological polar surface area (TPSA) is 28.2 Å². The number of halogens is 1. The van der Waals surface area contributed by atoms with Gasteiger partial charge >= 0.3 is 0 Å². The van der Waals surface area contributed by atoms with Crippen molar-refractivity contribution in [1.29, 1.82) is 0 Å². The molecule has 0 bridgehead atoms. The molecule has 0 aromatic carbocycles. The maximum absolute atomic E-state index is 13.5. The van der Waals surface area contributed by atoms with Gasteiger partial charge in [0.05, 0.1) is 11.9 Å². The number of nitrogens with zero attached hydrogens (tertiary/aromatic N) is 2. The van der Waals surface area contributed by atoms with Crippen molar-refractivity contribution < 1.29 is 4.39 Å². The molecule has 1 fully saturated rings. The van der Waals surface area contributed by atoms with Gasteiger partial charge in [0.2, 0.25) is 0 Å². The maximum Gasteiger partial charge on any atom is 0.164 e. The molecule has 1 aliphatic heterocycles. The van der Waals surface area contributed by atoms with Crippen LogP contribution in [0.5, 0.6) is 0 Å². The highest BCUT2D eigenvalue weighted by Gasteiger charge is 2.19. The quantitative estimate of drug-likeness (QED) is 0.872. The van der Waals surface area contributed by atoms with Gasteiger partial charge < -0.3 is 10.2 Å². The van der Waals surface area contributed by atoms with E-state index in [0.29, 0.717) is 11.7 Å². The number of aromatic nitrogens is 1. The van der Waals surface area contributed by atoms with Crippen LogP contribution in [0.3, 0.4) is 0 Å². The van der Waals surface area contributed by atoms with Gasteiger partial charge in [0, 0.05) is 18.8 Å². The molecule has 2 heterocycles. The van der Waals surface area contributed by atoms with Gasteiger partial charge in [-0.2, -0.15) is 0 Å². The van der Waals surface area contributed by atoms with Gasteiger partial charge in [0.25, 0.3) is 0 Å². The van der Waals surface area contributed by atoms with Crippen LogP contribution in [0.1, 0.15) is 26.2 Å². The first-order chi connectivity index (χ1) is 8.29. The summed E-state index contributed by atoms with van der Waals surface area (Å²) in [7, 11) is 0. The highest BCUT2D eigenvalue weighted by molar-refractivity contribution is 5.43. The van der Waals surface area contributed by atoms with Crippen molar-refractivity contribution in [3.05, 3.63) is 24.3 Å². The van der Waals surface area contributed by atoms with Gasteiger partial charge in [-0.25, -0.2) is 4.39 Å². The fourth-order valence-electron chi connectivity index (χ4n) is 2.40. The zero-order valence-corrected chi connectivity index (χ0v) is 10.3. The third kappa shape index (κ3) is 3.40. The molecule has 1 N–H and O–H groups in total. The lowest BCUT2D eigenvalue weighted by Crippen LogP contribution is -2.42. The highest BCUT2D eigenvalue weighted by Crippen LogP contribution is 2.18. The molecular weight excluding hydrogens is 217 g/mol. The monoisotopic (exact) mass is 237 g/mol. The van der Waals surface area contributed by atoms with Crippen molar-refractivity contribution in [3.63, 3.8) is 0 Å². The van der Waals surface area contributed by atoms with Crippen molar-refractivity contribution in [2.24, 2.45) is 0 Å². The lowest BCUT2D eigenvalue weighted by molar-refractivity contribution is 0.216. The first kappa shape index (κ1) is 12.3. The number of anilines is 1. The number of rotatable bonds is 4. The Morgan fingerprint density at radius 1 is 1.59 bits per heavy atom. The van der Waals surface area contributed by atoms with E-state index in [9.17, 15) is 4.39 Å². The summed E-state index contributed by atoms with van der Waals surface area (Å²) in [6, 6.07) is 2.06. The van der Waals surface area contributed by atoms with Gasteiger partial charge in [-0.15, -0.1) is 0 Å². The minimum absolute atomic E-state index is 0.264. The van der Waals surface area contributed by atoms with Gasteiger partial charge in [-0.05, 0) is 38.4 Å². The molecule has 4 heteroatoms. The zero-order valence-electron chi connectivity index (χ0n) is 10.3. The summed E-state index contributed by atoms with van der Waals surface area (Å²) in [5.41, 5.74) is 0.573. The molecule has 0 aliphatic carbocycles. The largest absolute Gasteiger partial charge is 0.379 e. The van der Waals surface area contributed by atoms with E-state index in [2.05, 4.69) is 22.1 Å². The minimum Gasteiger partial charge on any atom is -0.379 e. The Morgan fingerprint density at radius 3 is 3.24 bits per heavy atom. The Balaban J connectivity index is 1.92. The summed E-state index contributed by atoms with van der Waals surface area (Å²) in [5.74, 6) is -0.264. The predicted molar refractivity (Wildman–Crippen MR) is 67.6 cm³/mol. The first-order valence-corrected chi connectivity index (χ1v) is 6.38. The van der Waals surface area contributed by atoms with Crippen LogP contribution in [0.4, 0.5) is 10.1 Å². The Morgan fingerprint density at radius 2 is 2.47 bits per heavy atom. The Bertz CT molecular complexity index is 354. The van der Waals surface area contributed by atoms with E-state index in [-0.39, 0.29) is 5.82 Å². The lowest BCUT2D eigenvalue weighted by atomic mass is 10.1. The molecule has 0 saturated carbocycles. The summed E-state index contributed by atoms with van der Waals surface area (Å²) in [5, 5.41) is 3.28. The number of pyridine rings is 1. The van der Waals surface area contributed by atoms with Crippen LogP contribution in [-0.2, 0) is 0 Å². The average Bonchev–Trinajstić information content (AvgIpc) is 2.33. The Hall–Kier alpha value is -1.16. The summed E-state index contributed by atoms with van der Waals surface area (Å²) in [6.45, 7) is 5.51. The summed E-state index contributed by atoms with van der Waals surface area (Å²) < 4.78 is 13.5. The molecule has 0 radical (unpaired) electrons. The molecule has 1 aromatic rings. The molecule has 17 heavy (non-hydrogen) atoms. The van der Waals surface area contributed by atoms with E-state index in [1.54, 1.807) is 12.3 Å². The molecule has 1 unspecified atom stereocenters. The van der Waals surface area contributed by atoms with Crippen LogP contribution in [0.25, 0.3) is 0 Å². The molecule has 2 rings (SSSR count). The van der Waals surface area contributed by atoms with E-state index >= 15 is 0 Å². The minimum atomic E-state index is -0.264. The molecule has 1 aliphatic rings. The van der Waals surface area contributed by atoms with Crippen LogP contribution in [0.15, 0.2) is 18.5 Å². The molecule has 0 amide bonds. The van der Waals surface area contributed by atoms with Gasteiger partial charge in [0.1, 0.15) is 0 Å². The van der Waals surface area contributed by atoms with Crippen LogP contribution < -0.4 is 5.32 Å². The van der Waals surface area contributed by atoms with E-state index < -0.39 is 0 Å². The fraction of sp³-hybridized carbons (Fsp3) is 0.615. The third-order valence-electron chi connectivity index (χ3n) is 3.18. The lowest BCUT2D eigenvalue weighted by Gasteiger charge is -2.33. The SMILES string of the molecule is CCCN1CCCC(Nc2ccncc2F)C1. The van der Waals surface area contributed by atoms with E-state index in [1.807, 2.05) is 0 Å². The van der Waals surface area contributed by atoms with Crippen molar-refractivity contribution in [3.8, 4) is 0 Å². The van der Waals surface area contributed by atoms with E-state index in [0.717, 1.165) is 19.5 Å². The molecule has 3 nitrogen and oxygen atoms in total. The number of piperidine rings is 1. The summed E-state index contributed by atoms with van der Waals surface area (Å²) >= 11 is 0. The van der Waals surface area contributed by atoms with Crippen molar-refractivity contribution in [2.45, 2.75) is 32.2 Å². The fourth-order valence-corrected chi connectivity index (χ4v) is 2.40. The molecule has 1 aromatic heterocycles. The summed E-state index contributed by atoms with van der Waals surface area (Å²) in [6.07, 6.45) is 6.36. The van der Waals surface area contributed by atoms with Crippen LogP contribution in [0.2, 0.25) is 0 Å². The predicted octanol–water partition coefficient (Wildman–Crippen LogP) is 2.51. The molecule has 1 atom stereocenters. The van der Waals surface area contributed by atoms with Crippen molar-refractivity contribution >= 4 is 5.69 Å². The molecule has 1 saturated heterocycles. The van der Waals surface area contributed by atoms with Gasteiger partial charge in [-0.3, -0.25) is 4.98 Å². The van der Waals surface area contributed by atoms with E-state index in [1.165, 1.54) is 25.6 Å². The smallest absolute Gasteiger partial charge is 0.164 e. The number of hydrogen-bond acceptors (Lipinski definition) is 3. The second kappa shape index (κ2) is 5.96. The number of likely N-dealkylation sites (tertiary alicyclic amines) is 1. The van der Waals surface area contributed by atoms with Crippen LogP contribution in [-0.4, -0.2) is 35.6 Å². The third-order valence-corrected chi connectivity index (χ3v) is 3.18. The number of nitrogens with one attached hydrogen (secondary N) is 1. The van der Waals surface area contributed by atoms with Crippen LogP contribution >= 0.6 is 0 Å². The second-order valence-electron chi connectivity index (χ2n) is 4.64. The zero-order chi connectivity index (χ0) is 12.1. The van der Waals surface area contributed by atoms with Crippen molar-refractivity contribution in [2.75, 3.05) is 25.0 Å². The van der Waals surface area contributed by atoms with Gasteiger partial charge in [-0.1, -0.05) is 6.92 Å². The van der Waals surface area contributed by atoms with Gasteiger partial charge in [0.15, 0.2) is 5.82 Å². The molecular formula is C13H20FN3. The Labute approximate surface area is 102 Å². The standard InChI is InChI=1S/C13H20FN3/c1-2-7-17-8-3-4-11(10-17)16-13-5-6-15-9-12(13)14/h5-6,9,11H,2-4,7-8,10H2,1H3,(H,15,16). The normalized spacial score (nSPS) is 21.4. The molecule has 94 valence electrons. The average molecular weight is 237 g/mol. The number of hydrogen-bond donors (Lipinski definition) is 1. The molecule has 0 spiro atoms. The Kier molecular flexibility index (Phi) is 4.31.